The van der Waals surface area contributed by atoms with Gasteiger partial charge in [0.25, 0.3) is 0 Å². The Morgan fingerprint density at radius 2 is 1.83 bits per heavy atom. The van der Waals surface area contributed by atoms with E-state index in [9.17, 15) is 9.90 Å². The van der Waals surface area contributed by atoms with E-state index in [4.69, 9.17) is 0 Å². The number of fused-ring (bicyclic) bond motifs is 1. The fraction of sp³-hybridized carbons (Fsp3) is 0.481. The van der Waals surface area contributed by atoms with Crippen molar-refractivity contribution in [1.29, 1.82) is 0 Å². The molecule has 0 radical (unpaired) electrons. The zero-order valence-corrected chi connectivity index (χ0v) is 20.7. The monoisotopic (exact) mass is 476 g/mol. The van der Waals surface area contributed by atoms with Crippen LogP contribution in [0.2, 0.25) is 0 Å². The smallest absolute Gasteiger partial charge is 0.226 e. The van der Waals surface area contributed by atoms with E-state index in [0.717, 1.165) is 60.7 Å². The largest absolute Gasteiger partial charge is 0.390 e. The molecule has 2 fully saturated rings. The molecule has 3 N–H and O–H groups in total. The van der Waals surface area contributed by atoms with Crippen molar-refractivity contribution >= 4 is 22.8 Å². The Balaban J connectivity index is 1.24. The maximum atomic E-state index is 12.8. The van der Waals surface area contributed by atoms with Gasteiger partial charge in [-0.25, -0.2) is 4.52 Å². The highest BCUT2D eigenvalue weighted by atomic mass is 16.3. The van der Waals surface area contributed by atoms with Crippen LogP contribution in [-0.4, -0.2) is 76.9 Å². The van der Waals surface area contributed by atoms with Gasteiger partial charge in [-0.15, -0.1) is 0 Å². The van der Waals surface area contributed by atoms with E-state index in [2.05, 4.69) is 70.2 Å². The number of nitrogens with one attached hydrogen (secondary N) is 2. The van der Waals surface area contributed by atoms with E-state index in [1.807, 2.05) is 22.5 Å². The third-order valence-electron chi connectivity index (χ3n) is 7.24. The molecule has 0 bridgehead atoms. The standard InChI is InChI=1S/C27H36N6O2/c1-3-28-10-11-29-23-6-4-20(5-7-23)21-16-25-24(8-9-30-33(25)19-21)31-12-14-32(15-13-31)26(34)22-17-27(2,35)18-22/h4-9,16,19,22,28-29,35H,3,10-15,17-18H2,1-2H3. The quantitative estimate of drug-likeness (QED) is 0.434. The summed E-state index contributed by atoms with van der Waals surface area (Å²) in [5.74, 6) is 0.174. The lowest BCUT2D eigenvalue weighted by atomic mass is 9.71. The summed E-state index contributed by atoms with van der Waals surface area (Å²) in [7, 11) is 0. The molecule has 8 heteroatoms. The molecule has 3 aromatic rings. The third-order valence-corrected chi connectivity index (χ3v) is 7.24. The number of carbonyl (C=O) groups excluding carboxylic acids is 1. The van der Waals surface area contributed by atoms with E-state index < -0.39 is 5.60 Å². The summed E-state index contributed by atoms with van der Waals surface area (Å²) in [5, 5.41) is 21.3. The van der Waals surface area contributed by atoms with Gasteiger partial charge >= 0.3 is 0 Å². The summed E-state index contributed by atoms with van der Waals surface area (Å²) in [5.41, 5.74) is 4.96. The number of hydrogen-bond donors (Lipinski definition) is 3. The Morgan fingerprint density at radius 1 is 1.09 bits per heavy atom. The maximum absolute atomic E-state index is 12.8. The Hall–Kier alpha value is -3.10. The number of nitrogens with zero attached hydrogens (tertiary/aromatic N) is 4. The van der Waals surface area contributed by atoms with Gasteiger partial charge in [-0.05, 0) is 56.1 Å². The summed E-state index contributed by atoms with van der Waals surface area (Å²) in [6.07, 6.45) is 5.08. The average molecular weight is 477 g/mol. The lowest BCUT2D eigenvalue weighted by molar-refractivity contribution is -0.149. The van der Waals surface area contributed by atoms with Crippen molar-refractivity contribution in [1.82, 2.24) is 19.8 Å². The van der Waals surface area contributed by atoms with Gasteiger partial charge in [0.05, 0.1) is 16.8 Å². The molecule has 1 aliphatic heterocycles. The Kier molecular flexibility index (Phi) is 6.67. The molecule has 1 saturated heterocycles. The van der Waals surface area contributed by atoms with Crippen molar-refractivity contribution in [3.8, 4) is 11.1 Å². The Labute approximate surface area is 206 Å². The van der Waals surface area contributed by atoms with Crippen LogP contribution in [0.15, 0.2) is 48.8 Å². The van der Waals surface area contributed by atoms with Gasteiger partial charge in [-0.2, -0.15) is 5.10 Å². The van der Waals surface area contributed by atoms with E-state index >= 15 is 0 Å². The predicted molar refractivity (Wildman–Crippen MR) is 140 cm³/mol. The molecule has 0 atom stereocenters. The lowest BCUT2D eigenvalue weighted by Gasteiger charge is -2.44. The molecule has 1 aromatic carbocycles. The molecule has 186 valence electrons. The number of piperazine rings is 1. The van der Waals surface area contributed by atoms with Crippen LogP contribution in [0.3, 0.4) is 0 Å². The molecule has 1 saturated carbocycles. The molecule has 5 rings (SSSR count). The first-order valence-corrected chi connectivity index (χ1v) is 12.7. The number of hydrogen-bond acceptors (Lipinski definition) is 6. The third kappa shape index (κ3) is 5.13. The van der Waals surface area contributed by atoms with Crippen molar-refractivity contribution in [2.24, 2.45) is 5.92 Å². The van der Waals surface area contributed by atoms with Gasteiger partial charge in [0.2, 0.25) is 5.91 Å². The summed E-state index contributed by atoms with van der Waals surface area (Å²) in [4.78, 5) is 17.1. The fourth-order valence-electron chi connectivity index (χ4n) is 5.28. The second kappa shape index (κ2) is 9.87. The average Bonchev–Trinajstić information content (AvgIpc) is 3.30. The Morgan fingerprint density at radius 3 is 2.51 bits per heavy atom. The molecule has 8 nitrogen and oxygen atoms in total. The first-order valence-electron chi connectivity index (χ1n) is 12.7. The second-order valence-corrected chi connectivity index (χ2v) is 10.0. The maximum Gasteiger partial charge on any atom is 0.226 e. The lowest BCUT2D eigenvalue weighted by Crippen LogP contribution is -2.54. The molecule has 3 heterocycles. The molecular formula is C27H36N6O2. The minimum absolute atomic E-state index is 0.0213. The minimum atomic E-state index is -0.666. The van der Waals surface area contributed by atoms with Crippen LogP contribution in [0.5, 0.6) is 0 Å². The molecular weight excluding hydrogens is 440 g/mol. The van der Waals surface area contributed by atoms with Crippen LogP contribution in [0.4, 0.5) is 11.4 Å². The van der Waals surface area contributed by atoms with Gasteiger partial charge in [0, 0.05) is 68.8 Å². The molecule has 1 aliphatic carbocycles. The van der Waals surface area contributed by atoms with Crippen LogP contribution in [0.25, 0.3) is 16.6 Å². The van der Waals surface area contributed by atoms with Crippen molar-refractivity contribution in [2.45, 2.75) is 32.3 Å². The van der Waals surface area contributed by atoms with E-state index in [1.165, 1.54) is 0 Å². The summed E-state index contributed by atoms with van der Waals surface area (Å²) in [6.45, 7) is 9.76. The number of carbonyl (C=O) groups is 1. The second-order valence-electron chi connectivity index (χ2n) is 10.0. The molecule has 2 aromatic heterocycles. The zero-order valence-electron chi connectivity index (χ0n) is 20.7. The molecule has 35 heavy (non-hydrogen) atoms. The fourth-order valence-corrected chi connectivity index (χ4v) is 5.28. The Bertz CT molecular complexity index is 1160. The predicted octanol–water partition coefficient (Wildman–Crippen LogP) is 2.83. The highest BCUT2D eigenvalue weighted by Crippen LogP contribution is 2.38. The van der Waals surface area contributed by atoms with Crippen LogP contribution in [-0.2, 0) is 4.79 Å². The summed E-state index contributed by atoms with van der Waals surface area (Å²) < 4.78 is 1.95. The van der Waals surface area contributed by atoms with E-state index in [1.54, 1.807) is 0 Å². The number of likely N-dealkylation sites (N-methyl/N-ethyl adjacent to an activating group) is 1. The number of amides is 1. The van der Waals surface area contributed by atoms with Crippen molar-refractivity contribution in [2.75, 3.05) is 56.0 Å². The molecule has 2 aliphatic rings. The van der Waals surface area contributed by atoms with Gasteiger partial charge < -0.3 is 25.5 Å². The number of aliphatic hydroxyl groups is 1. The summed E-state index contributed by atoms with van der Waals surface area (Å²) >= 11 is 0. The highest BCUT2D eigenvalue weighted by Gasteiger charge is 2.44. The van der Waals surface area contributed by atoms with Crippen molar-refractivity contribution in [3.05, 3.63) is 48.8 Å². The van der Waals surface area contributed by atoms with Crippen LogP contribution in [0, 0.1) is 5.92 Å². The normalized spacial score (nSPS) is 22.3. The topological polar surface area (TPSA) is 85.1 Å². The van der Waals surface area contributed by atoms with Gasteiger partial charge in [0.1, 0.15) is 0 Å². The van der Waals surface area contributed by atoms with Crippen LogP contribution < -0.4 is 15.5 Å². The van der Waals surface area contributed by atoms with Crippen molar-refractivity contribution < 1.29 is 9.90 Å². The SMILES string of the molecule is CCNCCNc1ccc(-c2cc3c(N4CCN(C(=O)C5CC(C)(O)C5)CC4)ccnn3c2)cc1. The number of rotatable bonds is 8. The van der Waals surface area contributed by atoms with Gasteiger partial charge in [0.15, 0.2) is 0 Å². The number of anilines is 2. The van der Waals surface area contributed by atoms with E-state index in [0.29, 0.717) is 25.9 Å². The summed E-state index contributed by atoms with van der Waals surface area (Å²) in [6, 6.07) is 12.8. The highest BCUT2D eigenvalue weighted by molar-refractivity contribution is 5.82. The zero-order chi connectivity index (χ0) is 24.4. The first kappa shape index (κ1) is 23.6. The van der Waals surface area contributed by atoms with Gasteiger partial charge in [-0.3, -0.25) is 4.79 Å². The molecule has 1 amide bonds. The van der Waals surface area contributed by atoms with E-state index in [-0.39, 0.29) is 11.8 Å². The van der Waals surface area contributed by atoms with Gasteiger partial charge in [-0.1, -0.05) is 19.1 Å². The van der Waals surface area contributed by atoms with Crippen LogP contribution >= 0.6 is 0 Å². The number of benzene rings is 1. The molecule has 0 unspecified atom stereocenters. The first-order chi connectivity index (χ1) is 16.9. The molecule has 0 spiro atoms. The van der Waals surface area contributed by atoms with Crippen LogP contribution in [0.1, 0.15) is 26.7 Å². The van der Waals surface area contributed by atoms with Crippen molar-refractivity contribution in [3.63, 3.8) is 0 Å². The number of aromatic nitrogens is 2. The minimum Gasteiger partial charge on any atom is -0.390 e.